The molecule has 1 N–H and O–H groups in total. The molecule has 4 rings (SSSR count). The van der Waals surface area contributed by atoms with Crippen LogP contribution in [-0.4, -0.2) is 32.7 Å². The fraction of sp³-hybridized carbons (Fsp3) is 0.111. The molecule has 8 heteroatoms. The lowest BCUT2D eigenvalue weighted by atomic mass is 9.98. The standard InChI is InChI=1S/C18H13ClN4O3/c19-13-6-3-7-14(16(13)23-10-20-9-21-23)22-17(24)15-8-11-4-1-2-5-12(11)18(25)26-15/h1-7,9-10,15H,8H2,(H,22,24). The molecule has 0 fully saturated rings. The summed E-state index contributed by atoms with van der Waals surface area (Å²) in [4.78, 5) is 28.7. The highest BCUT2D eigenvalue weighted by Crippen LogP contribution is 2.29. The molecule has 1 amide bonds. The Kier molecular flexibility index (Phi) is 4.14. The van der Waals surface area contributed by atoms with Gasteiger partial charge in [0.15, 0.2) is 6.10 Å². The number of esters is 1. The number of para-hydroxylation sites is 1. The molecule has 2 aromatic carbocycles. The van der Waals surface area contributed by atoms with Crippen LogP contribution in [0.4, 0.5) is 5.69 Å². The first kappa shape index (κ1) is 16.3. The largest absolute Gasteiger partial charge is 0.448 e. The molecule has 1 aliphatic heterocycles. The molecule has 0 saturated heterocycles. The normalized spacial score (nSPS) is 15.9. The van der Waals surface area contributed by atoms with Gasteiger partial charge in [0, 0.05) is 6.42 Å². The highest BCUT2D eigenvalue weighted by atomic mass is 35.5. The minimum absolute atomic E-state index is 0.312. The topological polar surface area (TPSA) is 86.1 Å². The number of halogens is 1. The van der Waals surface area contributed by atoms with E-state index in [9.17, 15) is 9.59 Å². The van der Waals surface area contributed by atoms with Crippen LogP contribution in [0.5, 0.6) is 0 Å². The van der Waals surface area contributed by atoms with Crippen LogP contribution in [0.15, 0.2) is 55.1 Å². The molecule has 7 nitrogen and oxygen atoms in total. The predicted molar refractivity (Wildman–Crippen MR) is 94.3 cm³/mol. The van der Waals surface area contributed by atoms with Crippen LogP contribution in [0, 0.1) is 0 Å². The Labute approximate surface area is 153 Å². The molecule has 1 atom stereocenters. The molecule has 0 aliphatic carbocycles. The van der Waals surface area contributed by atoms with Gasteiger partial charge in [0.1, 0.15) is 18.3 Å². The second-order valence-electron chi connectivity index (χ2n) is 5.72. The lowest BCUT2D eigenvalue weighted by Gasteiger charge is -2.24. The van der Waals surface area contributed by atoms with Gasteiger partial charge in [-0.15, -0.1) is 0 Å². The van der Waals surface area contributed by atoms with E-state index in [0.29, 0.717) is 28.4 Å². The van der Waals surface area contributed by atoms with Crippen molar-refractivity contribution in [3.8, 4) is 5.69 Å². The number of aromatic nitrogens is 3. The summed E-state index contributed by atoms with van der Waals surface area (Å²) in [5.74, 6) is -0.939. The maximum absolute atomic E-state index is 12.7. The van der Waals surface area contributed by atoms with Gasteiger partial charge in [0.05, 0.1) is 16.3 Å². The molecular weight excluding hydrogens is 356 g/mol. The van der Waals surface area contributed by atoms with E-state index >= 15 is 0 Å². The van der Waals surface area contributed by atoms with Crippen molar-refractivity contribution in [1.29, 1.82) is 0 Å². The van der Waals surface area contributed by atoms with Crippen LogP contribution in [-0.2, 0) is 16.0 Å². The van der Waals surface area contributed by atoms with E-state index < -0.39 is 18.0 Å². The molecular formula is C18H13ClN4O3. The van der Waals surface area contributed by atoms with Gasteiger partial charge in [-0.2, -0.15) is 5.10 Å². The number of rotatable bonds is 3. The number of nitrogens with one attached hydrogen (secondary N) is 1. The molecule has 26 heavy (non-hydrogen) atoms. The van der Waals surface area contributed by atoms with Gasteiger partial charge in [-0.1, -0.05) is 35.9 Å². The minimum atomic E-state index is -0.917. The van der Waals surface area contributed by atoms with Crippen molar-refractivity contribution in [2.45, 2.75) is 12.5 Å². The number of carbonyl (C=O) groups is 2. The van der Waals surface area contributed by atoms with Gasteiger partial charge in [-0.3, -0.25) is 4.79 Å². The number of amides is 1. The fourth-order valence-corrected chi connectivity index (χ4v) is 3.12. The third kappa shape index (κ3) is 2.93. The number of anilines is 1. The van der Waals surface area contributed by atoms with Gasteiger partial charge in [-0.25, -0.2) is 14.5 Å². The quantitative estimate of drug-likeness (QED) is 0.718. The maximum atomic E-state index is 12.7. The number of cyclic esters (lactones) is 1. The molecule has 1 aliphatic rings. The third-order valence-corrected chi connectivity index (χ3v) is 4.38. The number of fused-ring (bicyclic) bond motifs is 1. The second-order valence-corrected chi connectivity index (χ2v) is 6.13. The molecule has 1 aromatic heterocycles. The van der Waals surface area contributed by atoms with Crippen molar-refractivity contribution in [2.75, 3.05) is 5.32 Å². The van der Waals surface area contributed by atoms with E-state index in [1.165, 1.54) is 17.3 Å². The van der Waals surface area contributed by atoms with Crippen LogP contribution in [0.2, 0.25) is 5.02 Å². The predicted octanol–water partition coefficient (Wildman–Crippen LogP) is 2.64. The summed E-state index contributed by atoms with van der Waals surface area (Å²) >= 11 is 6.25. The lowest BCUT2D eigenvalue weighted by molar-refractivity contribution is -0.125. The van der Waals surface area contributed by atoms with Crippen molar-refractivity contribution < 1.29 is 14.3 Å². The first-order valence-corrected chi connectivity index (χ1v) is 8.24. The summed E-state index contributed by atoms with van der Waals surface area (Å²) in [6, 6.07) is 12.2. The summed E-state index contributed by atoms with van der Waals surface area (Å²) in [5.41, 5.74) is 2.21. The molecule has 3 aromatic rings. The molecule has 0 radical (unpaired) electrons. The van der Waals surface area contributed by atoms with Crippen molar-refractivity contribution in [3.05, 3.63) is 71.3 Å². The second kappa shape index (κ2) is 6.61. The first-order chi connectivity index (χ1) is 12.6. The number of carbonyl (C=O) groups excluding carboxylic acids is 2. The van der Waals surface area contributed by atoms with Crippen molar-refractivity contribution >= 4 is 29.2 Å². The summed E-state index contributed by atoms with van der Waals surface area (Å²) in [6.07, 6.45) is 2.25. The zero-order chi connectivity index (χ0) is 18.1. The Balaban J connectivity index is 1.61. The highest BCUT2D eigenvalue weighted by molar-refractivity contribution is 6.33. The van der Waals surface area contributed by atoms with Gasteiger partial charge < -0.3 is 10.1 Å². The first-order valence-electron chi connectivity index (χ1n) is 7.87. The molecule has 1 unspecified atom stereocenters. The minimum Gasteiger partial charge on any atom is -0.448 e. The number of hydrogen-bond donors (Lipinski definition) is 1. The summed E-state index contributed by atoms with van der Waals surface area (Å²) in [7, 11) is 0. The number of hydrogen-bond acceptors (Lipinski definition) is 5. The maximum Gasteiger partial charge on any atom is 0.339 e. The number of benzene rings is 2. The zero-order valence-corrected chi connectivity index (χ0v) is 14.2. The smallest absolute Gasteiger partial charge is 0.339 e. The molecule has 0 bridgehead atoms. The van der Waals surface area contributed by atoms with Crippen molar-refractivity contribution in [3.63, 3.8) is 0 Å². The summed E-state index contributed by atoms with van der Waals surface area (Å²) in [6.45, 7) is 0. The Morgan fingerprint density at radius 2 is 2.08 bits per heavy atom. The molecule has 0 spiro atoms. The Bertz CT molecular complexity index is 988. The monoisotopic (exact) mass is 368 g/mol. The van der Waals surface area contributed by atoms with E-state index in [0.717, 1.165) is 5.56 Å². The van der Waals surface area contributed by atoms with E-state index in [-0.39, 0.29) is 0 Å². The molecule has 130 valence electrons. The van der Waals surface area contributed by atoms with Crippen LogP contribution in [0.1, 0.15) is 15.9 Å². The van der Waals surface area contributed by atoms with Gasteiger partial charge in [-0.05, 0) is 23.8 Å². The average Bonchev–Trinajstić information content (AvgIpc) is 3.16. The summed E-state index contributed by atoms with van der Waals surface area (Å²) in [5, 5.41) is 7.23. The van der Waals surface area contributed by atoms with E-state index in [2.05, 4.69) is 15.4 Å². The molecule has 2 heterocycles. The highest BCUT2D eigenvalue weighted by Gasteiger charge is 2.31. The van der Waals surface area contributed by atoms with Crippen LogP contribution in [0.3, 0.4) is 0 Å². The SMILES string of the molecule is O=C1OC(C(=O)Nc2cccc(Cl)c2-n2cncn2)Cc2ccccc21. The average molecular weight is 369 g/mol. The third-order valence-electron chi connectivity index (χ3n) is 4.08. The Morgan fingerprint density at radius 1 is 1.23 bits per heavy atom. The lowest BCUT2D eigenvalue weighted by Crippen LogP contribution is -2.38. The van der Waals surface area contributed by atoms with E-state index in [4.69, 9.17) is 16.3 Å². The van der Waals surface area contributed by atoms with Gasteiger partial charge >= 0.3 is 5.97 Å². The van der Waals surface area contributed by atoms with Crippen LogP contribution >= 0.6 is 11.6 Å². The van der Waals surface area contributed by atoms with E-state index in [1.807, 2.05) is 12.1 Å². The van der Waals surface area contributed by atoms with Crippen LogP contribution in [0.25, 0.3) is 5.69 Å². The van der Waals surface area contributed by atoms with Gasteiger partial charge in [0.25, 0.3) is 5.91 Å². The Morgan fingerprint density at radius 3 is 2.88 bits per heavy atom. The molecule has 0 saturated carbocycles. The van der Waals surface area contributed by atoms with Crippen molar-refractivity contribution in [1.82, 2.24) is 14.8 Å². The number of ether oxygens (including phenoxy) is 1. The number of nitrogens with zero attached hydrogens (tertiary/aromatic N) is 3. The zero-order valence-electron chi connectivity index (χ0n) is 13.4. The fourth-order valence-electron chi connectivity index (χ4n) is 2.86. The van der Waals surface area contributed by atoms with Crippen LogP contribution < -0.4 is 5.32 Å². The van der Waals surface area contributed by atoms with Crippen molar-refractivity contribution in [2.24, 2.45) is 0 Å². The summed E-state index contributed by atoms with van der Waals surface area (Å²) < 4.78 is 6.75. The Hall–Kier alpha value is -3.19. The van der Waals surface area contributed by atoms with Gasteiger partial charge in [0.2, 0.25) is 0 Å². The van der Waals surface area contributed by atoms with E-state index in [1.54, 1.807) is 30.3 Å².